The zero-order valence-electron chi connectivity index (χ0n) is 21.0. The third-order valence-electron chi connectivity index (χ3n) is 10.8. The average Bonchev–Trinajstić information content (AvgIpc) is 3.08. The fraction of sp³-hybridized carbons (Fsp3) is 0.828. The molecule has 174 valence electrons. The molecule has 0 aromatic rings. The largest absolute Gasteiger partial charge is 0.392 e. The van der Waals surface area contributed by atoms with Gasteiger partial charge in [-0.25, -0.2) is 0 Å². The van der Waals surface area contributed by atoms with Crippen LogP contribution in [0.2, 0.25) is 0 Å². The first kappa shape index (κ1) is 23.3. The number of aldehydes is 1. The van der Waals surface area contributed by atoms with Gasteiger partial charge in [0, 0.05) is 0 Å². The molecule has 0 spiro atoms. The van der Waals surface area contributed by atoms with Crippen LogP contribution in [0.1, 0.15) is 106 Å². The first-order valence-electron chi connectivity index (χ1n) is 13.1. The van der Waals surface area contributed by atoms with Crippen LogP contribution in [-0.2, 0) is 4.79 Å². The summed E-state index contributed by atoms with van der Waals surface area (Å²) in [6.45, 7) is 14.0. The lowest BCUT2D eigenvalue weighted by Gasteiger charge is -2.59. The summed E-state index contributed by atoms with van der Waals surface area (Å²) < 4.78 is 0. The Morgan fingerprint density at radius 3 is 2.52 bits per heavy atom. The van der Waals surface area contributed by atoms with Gasteiger partial charge < -0.3 is 9.90 Å². The van der Waals surface area contributed by atoms with Crippen LogP contribution < -0.4 is 0 Å². The highest BCUT2D eigenvalue weighted by Crippen LogP contribution is 2.67. The molecule has 0 amide bonds. The highest BCUT2D eigenvalue weighted by molar-refractivity contribution is 5.62. The van der Waals surface area contributed by atoms with E-state index in [1.54, 1.807) is 11.1 Å². The van der Waals surface area contributed by atoms with Crippen molar-refractivity contribution in [3.63, 3.8) is 0 Å². The molecule has 31 heavy (non-hydrogen) atoms. The van der Waals surface area contributed by atoms with Gasteiger partial charge in [-0.15, -0.1) is 0 Å². The zero-order chi connectivity index (χ0) is 22.6. The smallest absolute Gasteiger partial charge is 0.128 e. The number of carbonyl (C=O) groups is 1. The van der Waals surface area contributed by atoms with Gasteiger partial charge in [0.25, 0.3) is 0 Å². The van der Waals surface area contributed by atoms with Gasteiger partial charge in [0.2, 0.25) is 0 Å². The maximum absolute atomic E-state index is 12.1. The molecule has 0 saturated heterocycles. The summed E-state index contributed by atoms with van der Waals surface area (Å²) in [5.74, 6) is 2.68. The quantitative estimate of drug-likeness (QED) is 0.371. The van der Waals surface area contributed by atoms with Gasteiger partial charge in [-0.3, -0.25) is 0 Å². The van der Waals surface area contributed by atoms with Crippen molar-refractivity contribution in [1.82, 2.24) is 0 Å². The highest BCUT2D eigenvalue weighted by Gasteiger charge is 2.60. The number of aliphatic hydroxyl groups excluding tert-OH is 1. The van der Waals surface area contributed by atoms with E-state index < -0.39 is 11.5 Å². The van der Waals surface area contributed by atoms with Crippen LogP contribution in [0.3, 0.4) is 0 Å². The van der Waals surface area contributed by atoms with Crippen LogP contribution in [0.4, 0.5) is 0 Å². The summed E-state index contributed by atoms with van der Waals surface area (Å²) >= 11 is 0. The Morgan fingerprint density at radius 1 is 1.10 bits per heavy atom. The van der Waals surface area contributed by atoms with Crippen molar-refractivity contribution in [2.75, 3.05) is 0 Å². The Kier molecular flexibility index (Phi) is 6.12. The second-order valence-electron chi connectivity index (χ2n) is 12.6. The Bertz CT molecular complexity index is 774. The number of hydrogen-bond donors (Lipinski definition) is 1. The third-order valence-corrected chi connectivity index (χ3v) is 10.8. The van der Waals surface area contributed by atoms with Gasteiger partial charge in [-0.1, -0.05) is 50.5 Å². The molecule has 0 radical (unpaired) electrons. The lowest BCUT2D eigenvalue weighted by atomic mass is 9.45. The summed E-state index contributed by atoms with van der Waals surface area (Å²) in [5.41, 5.74) is 4.93. The molecule has 4 aliphatic rings. The van der Waals surface area contributed by atoms with E-state index in [9.17, 15) is 9.90 Å². The van der Waals surface area contributed by atoms with E-state index >= 15 is 0 Å². The minimum Gasteiger partial charge on any atom is -0.392 e. The summed E-state index contributed by atoms with van der Waals surface area (Å²) in [5, 5.41) is 10.7. The predicted molar refractivity (Wildman–Crippen MR) is 129 cm³/mol. The van der Waals surface area contributed by atoms with E-state index in [4.69, 9.17) is 0 Å². The molecular formula is C29H46O2. The Morgan fingerprint density at radius 2 is 1.84 bits per heavy atom. The van der Waals surface area contributed by atoms with Gasteiger partial charge in [0.05, 0.1) is 11.5 Å². The minimum absolute atomic E-state index is 0.108. The molecule has 1 N–H and O–H groups in total. The molecule has 2 fully saturated rings. The van der Waals surface area contributed by atoms with Crippen LogP contribution in [0.25, 0.3) is 0 Å². The van der Waals surface area contributed by atoms with Crippen LogP contribution in [0.15, 0.2) is 22.8 Å². The van der Waals surface area contributed by atoms with E-state index in [0.717, 1.165) is 49.7 Å². The first-order valence-corrected chi connectivity index (χ1v) is 13.1. The predicted octanol–water partition coefficient (Wildman–Crippen LogP) is 7.27. The number of rotatable bonds is 5. The van der Waals surface area contributed by atoms with Crippen molar-refractivity contribution in [3.05, 3.63) is 22.8 Å². The zero-order valence-corrected chi connectivity index (χ0v) is 21.0. The Labute approximate surface area is 191 Å². The molecule has 2 nitrogen and oxygen atoms in total. The van der Waals surface area contributed by atoms with Crippen LogP contribution in [0.5, 0.6) is 0 Å². The van der Waals surface area contributed by atoms with Gasteiger partial charge in [0.1, 0.15) is 6.29 Å². The maximum atomic E-state index is 12.1. The Balaban J connectivity index is 1.60. The number of aliphatic hydroxyl groups is 1. The monoisotopic (exact) mass is 426 g/mol. The Hall–Kier alpha value is -0.890. The van der Waals surface area contributed by atoms with Crippen molar-refractivity contribution >= 4 is 6.29 Å². The summed E-state index contributed by atoms with van der Waals surface area (Å²) in [6.07, 6.45) is 14.9. The third kappa shape index (κ3) is 3.51. The topological polar surface area (TPSA) is 37.3 Å². The number of fused-ring (bicyclic) bond motifs is 4. The van der Waals surface area contributed by atoms with Gasteiger partial charge in [-0.2, -0.15) is 0 Å². The van der Waals surface area contributed by atoms with E-state index in [1.807, 2.05) is 6.92 Å². The molecular weight excluding hydrogens is 380 g/mol. The fourth-order valence-corrected chi connectivity index (χ4v) is 9.00. The van der Waals surface area contributed by atoms with Crippen LogP contribution in [0, 0.1) is 39.9 Å². The SMILES string of the molecule is CC(C)=CCCC(C)C1CCC2C3=C(CCC21C)C1(C)CCC(O)C(C)(C=O)C1CC3. The second-order valence-corrected chi connectivity index (χ2v) is 12.6. The molecule has 8 atom stereocenters. The lowest BCUT2D eigenvalue weighted by Crippen LogP contribution is -2.55. The second kappa shape index (κ2) is 8.15. The molecule has 8 unspecified atom stereocenters. The van der Waals surface area contributed by atoms with Crippen molar-refractivity contribution in [1.29, 1.82) is 0 Å². The number of hydrogen-bond acceptors (Lipinski definition) is 2. The van der Waals surface area contributed by atoms with E-state index in [0.29, 0.717) is 11.3 Å². The summed E-state index contributed by atoms with van der Waals surface area (Å²) in [7, 11) is 0. The molecule has 4 rings (SSSR count). The molecule has 0 aromatic carbocycles. The molecule has 0 bridgehead atoms. The number of allylic oxidation sites excluding steroid dienone is 4. The molecule has 0 heterocycles. The molecule has 2 saturated carbocycles. The lowest BCUT2D eigenvalue weighted by molar-refractivity contribution is -0.142. The van der Waals surface area contributed by atoms with Crippen molar-refractivity contribution in [2.45, 2.75) is 112 Å². The fourth-order valence-electron chi connectivity index (χ4n) is 9.00. The van der Waals surface area contributed by atoms with Gasteiger partial charge in [0.15, 0.2) is 0 Å². The van der Waals surface area contributed by atoms with Crippen LogP contribution >= 0.6 is 0 Å². The van der Waals surface area contributed by atoms with Crippen LogP contribution in [-0.4, -0.2) is 17.5 Å². The van der Waals surface area contributed by atoms with E-state index in [1.165, 1.54) is 44.1 Å². The number of carbonyl (C=O) groups excluding carboxylic acids is 1. The normalized spacial score (nSPS) is 45.4. The van der Waals surface area contributed by atoms with Crippen molar-refractivity contribution < 1.29 is 9.90 Å². The maximum Gasteiger partial charge on any atom is 0.128 e. The highest BCUT2D eigenvalue weighted by atomic mass is 16.3. The molecule has 0 aromatic heterocycles. The summed E-state index contributed by atoms with van der Waals surface area (Å²) in [4.78, 5) is 12.1. The van der Waals surface area contributed by atoms with Gasteiger partial charge in [-0.05, 0) is 113 Å². The molecule has 2 heteroatoms. The first-order chi connectivity index (χ1) is 14.6. The van der Waals surface area contributed by atoms with Crippen molar-refractivity contribution in [2.24, 2.45) is 39.9 Å². The average molecular weight is 427 g/mol. The molecule has 4 aliphatic carbocycles. The summed E-state index contributed by atoms with van der Waals surface area (Å²) in [6, 6.07) is 0. The molecule has 0 aliphatic heterocycles. The standard InChI is InChI=1S/C29H46O2/c1-19(2)8-7-9-20(3)22-11-12-23-21-10-13-25-28(5,24(21)14-16-27(22,23)4)17-15-26(31)29(25,6)18-30/h8,18,20,22-23,25-26,31H,7,9-17H2,1-6H3. The van der Waals surface area contributed by atoms with Crippen molar-refractivity contribution in [3.8, 4) is 0 Å². The van der Waals surface area contributed by atoms with Gasteiger partial charge >= 0.3 is 0 Å². The van der Waals surface area contributed by atoms with E-state index in [2.05, 4.69) is 40.7 Å². The minimum atomic E-state index is -0.579. The van der Waals surface area contributed by atoms with E-state index in [-0.39, 0.29) is 5.41 Å².